The molecule has 4 heterocycles. The van der Waals surface area contributed by atoms with Crippen LogP contribution in [-0.4, -0.2) is 103 Å². The number of carbonyl (C=O) groups is 1. The van der Waals surface area contributed by atoms with E-state index in [1.807, 2.05) is 0 Å². The highest BCUT2D eigenvalue weighted by Crippen LogP contribution is 2.41. The van der Waals surface area contributed by atoms with Gasteiger partial charge in [-0.25, -0.2) is 4.79 Å². The summed E-state index contributed by atoms with van der Waals surface area (Å²) in [5.41, 5.74) is 0.414. The van der Waals surface area contributed by atoms with Crippen LogP contribution < -0.4 is 0 Å². The maximum Gasteiger partial charge on any atom is 0.320 e. The molecule has 0 unspecified atom stereocenters. The van der Waals surface area contributed by atoms with E-state index in [0.717, 1.165) is 58.5 Å². The molecule has 0 N–H and O–H groups in total. The molecule has 26 heavy (non-hydrogen) atoms. The molecule has 148 valence electrons. The fourth-order valence-electron chi connectivity index (χ4n) is 5.26. The van der Waals surface area contributed by atoms with Gasteiger partial charge in [-0.3, -0.25) is 4.90 Å². The van der Waals surface area contributed by atoms with Gasteiger partial charge in [-0.05, 0) is 52.6 Å². The zero-order valence-electron chi connectivity index (χ0n) is 16.7. The van der Waals surface area contributed by atoms with E-state index >= 15 is 0 Å². The second-order valence-corrected chi connectivity index (χ2v) is 9.13. The van der Waals surface area contributed by atoms with Crippen LogP contribution in [-0.2, 0) is 4.74 Å². The molecular weight excluding hydrogens is 328 g/mol. The van der Waals surface area contributed by atoms with E-state index in [4.69, 9.17) is 4.74 Å². The number of piperazine rings is 1. The van der Waals surface area contributed by atoms with Gasteiger partial charge < -0.3 is 19.4 Å². The molecule has 0 aromatic rings. The van der Waals surface area contributed by atoms with E-state index < -0.39 is 0 Å². The van der Waals surface area contributed by atoms with Crippen molar-refractivity contribution in [1.29, 1.82) is 0 Å². The Morgan fingerprint density at radius 3 is 2.12 bits per heavy atom. The van der Waals surface area contributed by atoms with Crippen molar-refractivity contribution in [1.82, 2.24) is 19.6 Å². The van der Waals surface area contributed by atoms with Gasteiger partial charge >= 0.3 is 6.03 Å². The SMILES string of the molecule is CC(C)N1CCN(C(=O)N2CC3(CCN(C4CCOCC4)CC3)C2)CC1. The first kappa shape index (κ1) is 18.5. The minimum atomic E-state index is 0.283. The molecule has 0 aromatic heterocycles. The molecule has 0 aliphatic carbocycles. The van der Waals surface area contributed by atoms with E-state index in [-0.39, 0.29) is 6.03 Å². The number of nitrogens with zero attached hydrogens (tertiary/aromatic N) is 4. The van der Waals surface area contributed by atoms with Gasteiger partial charge in [-0.1, -0.05) is 0 Å². The van der Waals surface area contributed by atoms with Crippen LogP contribution in [0.3, 0.4) is 0 Å². The van der Waals surface area contributed by atoms with Crippen molar-refractivity contribution < 1.29 is 9.53 Å². The minimum absolute atomic E-state index is 0.283. The van der Waals surface area contributed by atoms with Gasteiger partial charge in [0.2, 0.25) is 0 Å². The summed E-state index contributed by atoms with van der Waals surface area (Å²) in [6, 6.07) is 1.60. The van der Waals surface area contributed by atoms with Crippen molar-refractivity contribution in [2.45, 2.75) is 51.6 Å². The molecule has 0 bridgehead atoms. The molecule has 6 nitrogen and oxygen atoms in total. The molecule has 4 saturated heterocycles. The average molecular weight is 365 g/mol. The van der Waals surface area contributed by atoms with Crippen molar-refractivity contribution in [3.63, 3.8) is 0 Å². The molecule has 0 saturated carbocycles. The topological polar surface area (TPSA) is 39.3 Å². The number of carbonyl (C=O) groups excluding carboxylic acids is 1. The van der Waals surface area contributed by atoms with Gasteiger partial charge in [-0.15, -0.1) is 0 Å². The standard InChI is InChI=1S/C20H36N4O2/c1-17(2)21-9-11-23(12-10-21)19(25)24-15-20(16-24)5-7-22(8-6-20)18-3-13-26-14-4-18/h17-18H,3-16H2,1-2H3. The summed E-state index contributed by atoms with van der Waals surface area (Å²) in [6.07, 6.45) is 4.91. The van der Waals surface area contributed by atoms with Gasteiger partial charge in [0, 0.05) is 70.0 Å². The lowest BCUT2D eigenvalue weighted by molar-refractivity contribution is -0.0523. The Balaban J connectivity index is 1.21. The number of urea groups is 1. The zero-order chi connectivity index (χ0) is 18.1. The van der Waals surface area contributed by atoms with Gasteiger partial charge in [0.1, 0.15) is 0 Å². The van der Waals surface area contributed by atoms with Crippen LogP contribution in [0, 0.1) is 5.41 Å². The fourth-order valence-corrected chi connectivity index (χ4v) is 5.26. The summed E-state index contributed by atoms with van der Waals surface area (Å²) in [4.78, 5) is 22.1. The highest BCUT2D eigenvalue weighted by molar-refractivity contribution is 5.75. The smallest absolute Gasteiger partial charge is 0.320 e. The van der Waals surface area contributed by atoms with Gasteiger partial charge in [0.15, 0.2) is 0 Å². The third-order valence-electron chi connectivity index (χ3n) is 7.20. The summed E-state index contributed by atoms with van der Waals surface area (Å²) < 4.78 is 5.50. The number of ether oxygens (including phenoxy) is 1. The first-order chi connectivity index (χ1) is 12.6. The van der Waals surface area contributed by atoms with Crippen LogP contribution in [0.25, 0.3) is 0 Å². The Morgan fingerprint density at radius 1 is 0.923 bits per heavy atom. The van der Waals surface area contributed by atoms with Crippen LogP contribution in [0.5, 0.6) is 0 Å². The summed E-state index contributed by atoms with van der Waals surface area (Å²) in [5, 5.41) is 0. The maximum absolute atomic E-state index is 12.8. The number of rotatable bonds is 2. The molecule has 4 rings (SSSR count). The van der Waals surface area contributed by atoms with Gasteiger partial charge in [0.05, 0.1) is 0 Å². The van der Waals surface area contributed by atoms with Crippen LogP contribution in [0.2, 0.25) is 0 Å². The fraction of sp³-hybridized carbons (Fsp3) is 0.950. The van der Waals surface area contributed by atoms with E-state index in [2.05, 4.69) is 33.4 Å². The molecule has 0 radical (unpaired) electrons. The predicted octanol–water partition coefficient (Wildman–Crippen LogP) is 1.71. The van der Waals surface area contributed by atoms with Crippen LogP contribution >= 0.6 is 0 Å². The number of hydrogen-bond acceptors (Lipinski definition) is 4. The summed E-state index contributed by atoms with van der Waals surface area (Å²) in [6.45, 7) is 14.5. The molecule has 2 amide bonds. The van der Waals surface area contributed by atoms with Gasteiger partial charge in [0.25, 0.3) is 0 Å². The molecular formula is C20H36N4O2. The van der Waals surface area contributed by atoms with Gasteiger partial charge in [-0.2, -0.15) is 0 Å². The van der Waals surface area contributed by atoms with Crippen molar-refractivity contribution in [2.24, 2.45) is 5.41 Å². The lowest BCUT2D eigenvalue weighted by atomic mass is 9.71. The molecule has 6 heteroatoms. The molecule has 1 spiro atoms. The Kier molecular flexibility index (Phi) is 5.44. The number of likely N-dealkylation sites (tertiary alicyclic amines) is 2. The summed E-state index contributed by atoms with van der Waals surface area (Å²) in [7, 11) is 0. The molecule has 4 aliphatic rings. The van der Waals surface area contributed by atoms with Crippen LogP contribution in [0.1, 0.15) is 39.5 Å². The number of hydrogen-bond donors (Lipinski definition) is 0. The van der Waals surface area contributed by atoms with Crippen molar-refractivity contribution in [2.75, 3.05) is 65.6 Å². The number of piperidine rings is 1. The normalized spacial score (nSPS) is 28.6. The summed E-state index contributed by atoms with van der Waals surface area (Å²) >= 11 is 0. The average Bonchev–Trinajstić information content (AvgIpc) is 2.66. The predicted molar refractivity (Wildman–Crippen MR) is 102 cm³/mol. The number of amides is 2. The van der Waals surface area contributed by atoms with E-state index in [1.54, 1.807) is 0 Å². The molecule has 0 aromatic carbocycles. The van der Waals surface area contributed by atoms with Crippen LogP contribution in [0.15, 0.2) is 0 Å². The second kappa shape index (κ2) is 7.64. The molecule has 0 atom stereocenters. The Morgan fingerprint density at radius 2 is 1.54 bits per heavy atom. The first-order valence-electron chi connectivity index (χ1n) is 10.7. The second-order valence-electron chi connectivity index (χ2n) is 9.13. The highest BCUT2D eigenvalue weighted by Gasteiger charge is 2.48. The minimum Gasteiger partial charge on any atom is -0.381 e. The molecule has 4 aliphatic heterocycles. The Hall–Kier alpha value is -0.850. The third-order valence-corrected chi connectivity index (χ3v) is 7.20. The van der Waals surface area contributed by atoms with E-state index in [9.17, 15) is 4.79 Å². The van der Waals surface area contributed by atoms with E-state index in [1.165, 1.54) is 38.8 Å². The van der Waals surface area contributed by atoms with E-state index in [0.29, 0.717) is 11.5 Å². The van der Waals surface area contributed by atoms with Crippen molar-refractivity contribution in [3.05, 3.63) is 0 Å². The first-order valence-corrected chi connectivity index (χ1v) is 10.7. The van der Waals surface area contributed by atoms with Crippen LogP contribution in [0.4, 0.5) is 4.79 Å². The maximum atomic E-state index is 12.8. The monoisotopic (exact) mass is 364 g/mol. The quantitative estimate of drug-likeness (QED) is 0.748. The highest BCUT2D eigenvalue weighted by atomic mass is 16.5. The van der Waals surface area contributed by atoms with Crippen molar-refractivity contribution >= 4 is 6.03 Å². The zero-order valence-corrected chi connectivity index (χ0v) is 16.7. The lowest BCUT2D eigenvalue weighted by Gasteiger charge is -2.56. The summed E-state index contributed by atoms with van der Waals surface area (Å²) in [5.74, 6) is 0. The largest absolute Gasteiger partial charge is 0.381 e. The Labute approximate surface area is 158 Å². The lowest BCUT2D eigenvalue weighted by Crippen LogP contribution is -2.65. The Bertz CT molecular complexity index is 482. The third kappa shape index (κ3) is 3.73. The molecule has 4 fully saturated rings. The van der Waals surface area contributed by atoms with Crippen molar-refractivity contribution in [3.8, 4) is 0 Å².